The summed E-state index contributed by atoms with van der Waals surface area (Å²) in [6.07, 6.45) is 1.02. The average molecular weight is 343 g/mol. The molecular formula is C21H28FN2O+. The van der Waals surface area contributed by atoms with Gasteiger partial charge in [0.05, 0.1) is 7.05 Å². The fraction of sp³-hybridized carbons (Fsp3) is 0.381. The predicted molar refractivity (Wildman–Crippen MR) is 100 cm³/mol. The number of hydrogen-bond acceptors (Lipinski definition) is 1. The van der Waals surface area contributed by atoms with Gasteiger partial charge < -0.3 is 10.2 Å². The van der Waals surface area contributed by atoms with Crippen LogP contribution >= 0.6 is 0 Å². The predicted octanol–water partition coefficient (Wildman–Crippen LogP) is 3.38. The zero-order valence-electron chi connectivity index (χ0n) is 15.5. The Bertz CT molecular complexity index is 717. The Morgan fingerprint density at radius 1 is 1.16 bits per heavy atom. The van der Waals surface area contributed by atoms with E-state index in [4.69, 9.17) is 0 Å². The lowest BCUT2D eigenvalue weighted by atomic mass is 9.97. The largest absolute Gasteiger partial charge is 0.324 e. The molecule has 3 atom stereocenters. The number of carbonyl (C=O) groups excluding carboxylic acids is 1. The van der Waals surface area contributed by atoms with Crippen LogP contribution in [-0.4, -0.2) is 19.0 Å². The third-order valence-corrected chi connectivity index (χ3v) is 4.87. The Hall–Kier alpha value is -2.20. The highest BCUT2D eigenvalue weighted by Gasteiger charge is 2.23. The highest BCUT2D eigenvalue weighted by molar-refractivity contribution is 5.94. The van der Waals surface area contributed by atoms with Crippen LogP contribution in [0.2, 0.25) is 0 Å². The molecule has 4 heteroatoms. The first-order chi connectivity index (χ1) is 11.9. The van der Waals surface area contributed by atoms with E-state index in [0.29, 0.717) is 12.5 Å². The van der Waals surface area contributed by atoms with Gasteiger partial charge in [-0.05, 0) is 43.0 Å². The zero-order valence-corrected chi connectivity index (χ0v) is 15.5. The summed E-state index contributed by atoms with van der Waals surface area (Å²) in [5.74, 6) is 0.124. The summed E-state index contributed by atoms with van der Waals surface area (Å²) >= 11 is 0. The molecule has 1 unspecified atom stereocenters. The molecule has 0 bridgehead atoms. The van der Waals surface area contributed by atoms with Crippen molar-refractivity contribution in [2.45, 2.75) is 45.7 Å². The van der Waals surface area contributed by atoms with Crippen LogP contribution in [0.3, 0.4) is 0 Å². The summed E-state index contributed by atoms with van der Waals surface area (Å²) in [6.45, 7) is 6.80. The van der Waals surface area contributed by atoms with Crippen LogP contribution in [0, 0.1) is 5.82 Å². The zero-order chi connectivity index (χ0) is 18.4. The SMILES string of the molecule is CC[C@H](C)c1ccccc1NC(=O)[C@@H](C)[NH+](C)Cc1cccc(F)c1. The molecule has 0 aromatic heterocycles. The second-order valence-corrected chi connectivity index (χ2v) is 6.76. The van der Waals surface area contributed by atoms with Gasteiger partial charge in [-0.1, -0.05) is 44.2 Å². The van der Waals surface area contributed by atoms with Gasteiger partial charge in [0.15, 0.2) is 6.04 Å². The number of rotatable bonds is 7. The number of hydrogen-bond donors (Lipinski definition) is 2. The van der Waals surface area contributed by atoms with E-state index in [2.05, 4.69) is 25.2 Å². The molecule has 0 fully saturated rings. The van der Waals surface area contributed by atoms with E-state index in [9.17, 15) is 9.18 Å². The molecule has 0 saturated heterocycles. The van der Waals surface area contributed by atoms with Crippen molar-refractivity contribution in [1.29, 1.82) is 0 Å². The maximum absolute atomic E-state index is 13.3. The molecule has 2 aromatic rings. The quantitative estimate of drug-likeness (QED) is 0.794. The van der Waals surface area contributed by atoms with Crippen molar-refractivity contribution in [2.24, 2.45) is 0 Å². The van der Waals surface area contributed by atoms with Gasteiger partial charge in [-0.3, -0.25) is 4.79 Å². The van der Waals surface area contributed by atoms with Crippen molar-refractivity contribution in [1.82, 2.24) is 0 Å². The molecule has 134 valence electrons. The Balaban J connectivity index is 2.05. The Morgan fingerprint density at radius 3 is 2.56 bits per heavy atom. The molecule has 1 amide bonds. The Morgan fingerprint density at radius 2 is 1.88 bits per heavy atom. The van der Waals surface area contributed by atoms with E-state index >= 15 is 0 Å². The van der Waals surface area contributed by atoms with E-state index < -0.39 is 0 Å². The first-order valence-corrected chi connectivity index (χ1v) is 8.89. The summed E-state index contributed by atoms with van der Waals surface area (Å²) in [7, 11) is 1.95. The molecule has 0 aliphatic carbocycles. The Labute approximate surface area is 149 Å². The topological polar surface area (TPSA) is 33.5 Å². The first-order valence-electron chi connectivity index (χ1n) is 8.89. The van der Waals surface area contributed by atoms with Crippen molar-refractivity contribution < 1.29 is 14.1 Å². The molecule has 0 heterocycles. The van der Waals surface area contributed by atoms with Gasteiger partial charge in [-0.25, -0.2) is 4.39 Å². The molecule has 0 spiro atoms. The minimum atomic E-state index is -0.245. The van der Waals surface area contributed by atoms with Crippen LogP contribution in [0.5, 0.6) is 0 Å². The Kier molecular flexibility index (Phi) is 6.71. The van der Waals surface area contributed by atoms with Crippen LogP contribution in [-0.2, 0) is 11.3 Å². The van der Waals surface area contributed by atoms with Crippen LogP contribution in [0.1, 0.15) is 44.2 Å². The number of quaternary nitrogens is 1. The number of carbonyl (C=O) groups is 1. The third-order valence-electron chi connectivity index (χ3n) is 4.87. The van der Waals surface area contributed by atoms with Crippen molar-refractivity contribution in [3.8, 4) is 0 Å². The molecule has 0 saturated carbocycles. The van der Waals surface area contributed by atoms with Gasteiger partial charge in [0, 0.05) is 11.3 Å². The van der Waals surface area contributed by atoms with E-state index in [1.54, 1.807) is 6.07 Å². The number of amides is 1. The number of anilines is 1. The van der Waals surface area contributed by atoms with Gasteiger partial charge in [0.2, 0.25) is 0 Å². The average Bonchev–Trinajstić information content (AvgIpc) is 2.60. The van der Waals surface area contributed by atoms with Crippen molar-refractivity contribution in [2.75, 3.05) is 12.4 Å². The van der Waals surface area contributed by atoms with E-state index in [-0.39, 0.29) is 17.8 Å². The first kappa shape index (κ1) is 19.1. The van der Waals surface area contributed by atoms with E-state index in [0.717, 1.165) is 28.1 Å². The van der Waals surface area contributed by atoms with Gasteiger partial charge in [-0.15, -0.1) is 0 Å². The van der Waals surface area contributed by atoms with Crippen molar-refractivity contribution in [3.63, 3.8) is 0 Å². The fourth-order valence-electron chi connectivity index (χ4n) is 2.85. The van der Waals surface area contributed by atoms with E-state index in [1.165, 1.54) is 12.1 Å². The summed E-state index contributed by atoms with van der Waals surface area (Å²) in [6, 6.07) is 14.3. The monoisotopic (exact) mass is 343 g/mol. The van der Waals surface area contributed by atoms with E-state index in [1.807, 2.05) is 38.2 Å². The molecule has 0 aliphatic rings. The third kappa shape index (κ3) is 5.13. The van der Waals surface area contributed by atoms with Gasteiger partial charge in [0.1, 0.15) is 12.4 Å². The van der Waals surface area contributed by atoms with Crippen LogP contribution < -0.4 is 10.2 Å². The molecule has 3 nitrogen and oxygen atoms in total. The van der Waals surface area contributed by atoms with Crippen LogP contribution in [0.15, 0.2) is 48.5 Å². The number of nitrogens with one attached hydrogen (secondary N) is 2. The maximum atomic E-state index is 13.3. The molecular weight excluding hydrogens is 315 g/mol. The highest BCUT2D eigenvalue weighted by Crippen LogP contribution is 2.26. The lowest BCUT2D eigenvalue weighted by molar-refractivity contribution is -0.907. The smallest absolute Gasteiger partial charge is 0.282 e. The van der Waals surface area contributed by atoms with Crippen molar-refractivity contribution in [3.05, 3.63) is 65.5 Å². The molecule has 25 heavy (non-hydrogen) atoms. The standard InChI is InChI=1S/C21H27FN2O/c1-5-15(2)19-11-6-7-12-20(19)23-21(25)16(3)24(4)14-17-9-8-10-18(22)13-17/h6-13,15-16H,5,14H2,1-4H3,(H,23,25)/p+1/t15-,16+/m0/s1. The lowest BCUT2D eigenvalue weighted by Crippen LogP contribution is -3.12. The number of benzene rings is 2. The fourth-order valence-corrected chi connectivity index (χ4v) is 2.85. The number of para-hydroxylation sites is 1. The summed E-state index contributed by atoms with van der Waals surface area (Å²) in [5, 5.41) is 3.07. The normalized spacial score (nSPS) is 14.6. The molecule has 2 N–H and O–H groups in total. The van der Waals surface area contributed by atoms with Crippen molar-refractivity contribution >= 4 is 11.6 Å². The second kappa shape index (κ2) is 8.77. The molecule has 2 rings (SSSR count). The minimum Gasteiger partial charge on any atom is -0.324 e. The summed E-state index contributed by atoms with van der Waals surface area (Å²) < 4.78 is 13.3. The molecule has 0 radical (unpaired) electrons. The van der Waals surface area contributed by atoms with Gasteiger partial charge >= 0.3 is 0 Å². The summed E-state index contributed by atoms with van der Waals surface area (Å²) in [5.41, 5.74) is 2.93. The van der Waals surface area contributed by atoms with Gasteiger partial charge in [-0.2, -0.15) is 0 Å². The summed E-state index contributed by atoms with van der Waals surface area (Å²) in [4.78, 5) is 13.7. The lowest BCUT2D eigenvalue weighted by Gasteiger charge is -2.22. The van der Waals surface area contributed by atoms with Gasteiger partial charge in [0.25, 0.3) is 5.91 Å². The number of halogens is 1. The molecule has 0 aliphatic heterocycles. The minimum absolute atomic E-state index is 0.0235. The number of likely N-dealkylation sites (N-methyl/N-ethyl adjacent to an activating group) is 1. The highest BCUT2D eigenvalue weighted by atomic mass is 19.1. The molecule has 2 aromatic carbocycles. The maximum Gasteiger partial charge on any atom is 0.282 e. The van der Waals surface area contributed by atoms with Crippen LogP contribution in [0.25, 0.3) is 0 Å². The second-order valence-electron chi connectivity index (χ2n) is 6.76. The van der Waals surface area contributed by atoms with Crippen LogP contribution in [0.4, 0.5) is 10.1 Å².